The normalized spacial score (nSPS) is 24.9. The number of carbonyl (C=O) groups excluding carboxylic acids is 1. The van der Waals surface area contributed by atoms with E-state index in [2.05, 4.69) is 29.2 Å². The number of likely N-dealkylation sites (tertiary alicyclic amines) is 1. The Morgan fingerprint density at radius 1 is 1.08 bits per heavy atom. The van der Waals surface area contributed by atoms with Gasteiger partial charge in [0, 0.05) is 34.9 Å². The van der Waals surface area contributed by atoms with E-state index in [9.17, 15) is 18.3 Å². The first-order valence-electron chi connectivity index (χ1n) is 16.2. The Morgan fingerprint density at radius 3 is 2.54 bits per heavy atom. The third-order valence-corrected chi connectivity index (χ3v) is 11.7. The van der Waals surface area contributed by atoms with Gasteiger partial charge in [-0.1, -0.05) is 72.8 Å². The van der Waals surface area contributed by atoms with Gasteiger partial charge in [0.2, 0.25) is 5.91 Å². The van der Waals surface area contributed by atoms with Crippen LogP contribution in [0.1, 0.15) is 36.7 Å². The number of hydrogen-bond donors (Lipinski definition) is 2. The van der Waals surface area contributed by atoms with Gasteiger partial charge in [-0.15, -0.1) is 0 Å². The van der Waals surface area contributed by atoms with E-state index in [-0.39, 0.29) is 22.8 Å². The second-order valence-corrected chi connectivity index (χ2v) is 14.5. The van der Waals surface area contributed by atoms with E-state index in [1.807, 2.05) is 47.2 Å². The molecular weight excluding hydrogens is 630 g/mol. The Hall–Kier alpha value is -4.45. The Morgan fingerprint density at radius 2 is 1.83 bits per heavy atom. The molecule has 4 aromatic rings. The molecule has 0 saturated carbocycles. The van der Waals surface area contributed by atoms with Crippen LogP contribution in [0.3, 0.4) is 0 Å². The van der Waals surface area contributed by atoms with Crippen molar-refractivity contribution in [3.8, 4) is 33.9 Å². The Balaban J connectivity index is 0.000000153. The van der Waals surface area contributed by atoms with Gasteiger partial charge in [-0.2, -0.15) is 0 Å². The summed E-state index contributed by atoms with van der Waals surface area (Å²) in [5.41, 5.74) is 5.79. The Bertz CT molecular complexity index is 1990. The summed E-state index contributed by atoms with van der Waals surface area (Å²) in [5.74, 6) is 2.18. The number of rotatable bonds is 6. The second kappa shape index (κ2) is 12.2. The summed E-state index contributed by atoms with van der Waals surface area (Å²) in [6.07, 6.45) is 5.63. The van der Waals surface area contributed by atoms with E-state index in [4.69, 9.17) is 14.0 Å². The molecular formula is C37H39N3O7S. The average molecular weight is 670 g/mol. The van der Waals surface area contributed by atoms with Crippen molar-refractivity contribution in [2.45, 2.75) is 61.7 Å². The van der Waals surface area contributed by atoms with Crippen LogP contribution >= 0.6 is 0 Å². The Kier molecular flexibility index (Phi) is 8.17. The number of aromatic nitrogens is 1. The van der Waals surface area contributed by atoms with Crippen molar-refractivity contribution in [2.75, 3.05) is 20.7 Å². The number of aliphatic hydroxyl groups is 1. The van der Waals surface area contributed by atoms with Crippen LogP contribution in [0.25, 0.3) is 22.4 Å². The molecule has 11 heteroatoms. The van der Waals surface area contributed by atoms with Crippen molar-refractivity contribution < 1.29 is 32.3 Å². The van der Waals surface area contributed by atoms with Crippen molar-refractivity contribution in [3.63, 3.8) is 0 Å². The minimum absolute atomic E-state index is 0.0263. The standard InChI is InChI=1S/C19H18N2O4S.C18H21NO3/c1-3-17(22)21-26(23,24)16-11-9-14(10-12-16)18-13(2)25-20-19(18)15-7-5-4-6-8-15;1-19-8-7-18-11-4-5-13(20)17(18)22-16-14(21-2)6-3-10(15(16)18)9-12(11)19/h4-12H,3H2,1-2H3,(H,21,22);3-6,11-13,17,20H,7-9H2,1-2H3/t;11-,12+,13-,17-,18-/m.0/s1. The summed E-state index contributed by atoms with van der Waals surface area (Å²) in [5, 5.41) is 14.7. The molecule has 0 radical (unpaired) electrons. The number of benzene rings is 3. The van der Waals surface area contributed by atoms with Gasteiger partial charge in [0.15, 0.2) is 11.5 Å². The highest BCUT2D eigenvalue weighted by molar-refractivity contribution is 7.90. The quantitative estimate of drug-likeness (QED) is 0.272. The van der Waals surface area contributed by atoms with Crippen LogP contribution < -0.4 is 14.2 Å². The molecule has 10 nitrogen and oxygen atoms in total. The molecule has 2 aliphatic heterocycles. The summed E-state index contributed by atoms with van der Waals surface area (Å²) in [6.45, 7) is 4.45. The number of carbonyl (C=O) groups is 1. The number of aryl methyl sites for hydroxylation is 1. The van der Waals surface area contributed by atoms with Crippen molar-refractivity contribution >= 4 is 15.9 Å². The zero-order valence-electron chi connectivity index (χ0n) is 27.3. The molecule has 3 heterocycles. The van der Waals surface area contributed by atoms with Crippen molar-refractivity contribution in [1.29, 1.82) is 0 Å². The third kappa shape index (κ3) is 5.12. The van der Waals surface area contributed by atoms with E-state index >= 15 is 0 Å². The summed E-state index contributed by atoms with van der Waals surface area (Å²) < 4.78 is 43.6. The fourth-order valence-corrected chi connectivity index (χ4v) is 9.03. The fraction of sp³-hybridized carbons (Fsp3) is 0.351. The fourth-order valence-electron chi connectivity index (χ4n) is 7.98. The van der Waals surface area contributed by atoms with Gasteiger partial charge < -0.3 is 24.0 Å². The SMILES string of the molecule is CCC(=O)NS(=O)(=O)c1ccc(-c2c(-c3ccccc3)noc2C)cc1.COc1ccc2c3c1O[C@H]1[C@@H](O)C=C[C@H]4[C@@H](C2)N(C)CC[C@@]341. The average Bonchev–Trinajstić information content (AvgIpc) is 3.66. The maximum absolute atomic E-state index is 12.2. The molecule has 5 atom stereocenters. The molecule has 3 aromatic carbocycles. The molecule has 1 fully saturated rings. The number of ether oxygens (including phenoxy) is 2. The molecule has 250 valence electrons. The first-order chi connectivity index (χ1) is 23.1. The first kappa shape index (κ1) is 32.1. The maximum atomic E-state index is 12.2. The number of nitrogens with one attached hydrogen (secondary N) is 1. The molecule has 8 rings (SSSR count). The molecule has 0 unspecified atom stereocenters. The molecule has 1 aromatic heterocycles. The third-order valence-electron chi connectivity index (χ3n) is 10.3. The van der Waals surface area contributed by atoms with Crippen LogP contribution in [0, 0.1) is 12.8 Å². The van der Waals surface area contributed by atoms with E-state index in [1.165, 1.54) is 23.3 Å². The monoisotopic (exact) mass is 669 g/mol. The number of methoxy groups -OCH3 is 1. The molecule has 2 N–H and O–H groups in total. The minimum Gasteiger partial charge on any atom is -0.493 e. The van der Waals surface area contributed by atoms with Crippen LogP contribution in [-0.2, 0) is 26.7 Å². The Labute approximate surface area is 280 Å². The van der Waals surface area contributed by atoms with Gasteiger partial charge in [-0.3, -0.25) is 4.79 Å². The van der Waals surface area contributed by atoms with Gasteiger partial charge in [-0.25, -0.2) is 13.1 Å². The number of piperidine rings is 1. The number of sulfonamides is 1. The summed E-state index contributed by atoms with van der Waals surface area (Å²) in [7, 11) is 0.0389. The first-order valence-corrected chi connectivity index (χ1v) is 17.7. The van der Waals surface area contributed by atoms with Crippen molar-refractivity contribution in [2.24, 2.45) is 5.92 Å². The molecule has 48 heavy (non-hydrogen) atoms. The van der Waals surface area contributed by atoms with Gasteiger partial charge >= 0.3 is 0 Å². The van der Waals surface area contributed by atoms with E-state index in [1.54, 1.807) is 33.1 Å². The highest BCUT2D eigenvalue weighted by Crippen LogP contribution is 2.62. The lowest BCUT2D eigenvalue weighted by atomic mass is 9.53. The molecule has 2 aliphatic carbocycles. The largest absolute Gasteiger partial charge is 0.493 e. The van der Waals surface area contributed by atoms with E-state index < -0.39 is 22.0 Å². The van der Waals surface area contributed by atoms with Crippen LogP contribution in [0.4, 0.5) is 0 Å². The lowest BCUT2D eigenvalue weighted by Crippen LogP contribution is -2.64. The smallest absolute Gasteiger partial charge is 0.264 e. The zero-order chi connectivity index (χ0) is 33.8. The number of aliphatic hydroxyl groups excluding tert-OH is 1. The predicted octanol–water partition coefficient (Wildman–Crippen LogP) is 5.03. The van der Waals surface area contributed by atoms with E-state index in [0.717, 1.165) is 47.6 Å². The maximum Gasteiger partial charge on any atom is 0.264 e. The molecule has 1 spiro atoms. The highest BCUT2D eigenvalue weighted by atomic mass is 32.2. The van der Waals surface area contributed by atoms with Gasteiger partial charge in [0.1, 0.15) is 23.7 Å². The topological polar surface area (TPSA) is 131 Å². The second-order valence-electron chi connectivity index (χ2n) is 12.8. The predicted molar refractivity (Wildman–Crippen MR) is 180 cm³/mol. The van der Waals surface area contributed by atoms with E-state index in [0.29, 0.717) is 23.4 Å². The summed E-state index contributed by atoms with van der Waals surface area (Å²) in [4.78, 5) is 13.9. The van der Waals surface area contributed by atoms with Gasteiger partial charge in [0.25, 0.3) is 10.0 Å². The number of amides is 1. The van der Waals surface area contributed by atoms with Crippen molar-refractivity contribution in [1.82, 2.24) is 14.8 Å². The summed E-state index contributed by atoms with van der Waals surface area (Å²) in [6, 6.07) is 20.6. The van der Waals surface area contributed by atoms with Crippen LogP contribution in [0.2, 0.25) is 0 Å². The van der Waals surface area contributed by atoms with Crippen LogP contribution in [0.5, 0.6) is 11.5 Å². The van der Waals surface area contributed by atoms with Crippen LogP contribution in [0.15, 0.2) is 88.3 Å². The number of hydrogen-bond acceptors (Lipinski definition) is 9. The number of nitrogens with zero attached hydrogens (tertiary/aromatic N) is 2. The lowest BCUT2D eigenvalue weighted by molar-refractivity contribution is -0.119. The molecule has 2 bridgehead atoms. The van der Waals surface area contributed by atoms with Crippen LogP contribution in [-0.4, -0.2) is 68.4 Å². The lowest BCUT2D eigenvalue weighted by Gasteiger charge is -2.56. The zero-order valence-corrected chi connectivity index (χ0v) is 28.2. The molecule has 1 amide bonds. The molecule has 1 saturated heterocycles. The highest BCUT2D eigenvalue weighted by Gasteiger charge is 2.64. The van der Waals surface area contributed by atoms with Gasteiger partial charge in [0.05, 0.1) is 17.6 Å². The van der Waals surface area contributed by atoms with Gasteiger partial charge in [-0.05, 0) is 62.7 Å². The number of likely N-dealkylation sites (N-methyl/N-ethyl adjacent to an activating group) is 1. The summed E-state index contributed by atoms with van der Waals surface area (Å²) >= 11 is 0. The molecule has 4 aliphatic rings. The van der Waals surface area contributed by atoms with Crippen molar-refractivity contribution in [3.05, 3.63) is 95.8 Å². The minimum atomic E-state index is -3.87.